The zero-order valence-electron chi connectivity index (χ0n) is 15.7. The summed E-state index contributed by atoms with van der Waals surface area (Å²) in [6.07, 6.45) is 1.51. The van der Waals surface area contributed by atoms with Crippen molar-refractivity contribution in [3.63, 3.8) is 0 Å². The minimum atomic E-state index is -1.01. The van der Waals surface area contributed by atoms with Gasteiger partial charge in [0.2, 0.25) is 0 Å². The molecule has 0 aliphatic heterocycles. The number of carbonyl (C=O) groups is 2. The maximum atomic E-state index is 11.9. The third kappa shape index (κ3) is 2.53. The number of carboxylic acids is 2. The van der Waals surface area contributed by atoms with Crippen LogP contribution in [0.2, 0.25) is 0 Å². The lowest BCUT2D eigenvalue weighted by Crippen LogP contribution is -2.03. The van der Waals surface area contributed by atoms with Crippen LogP contribution in [0.1, 0.15) is 45.7 Å². The molecule has 28 heavy (non-hydrogen) atoms. The molecule has 0 unspecified atom stereocenters. The Balaban J connectivity index is 2.42. The molecule has 0 aliphatic carbocycles. The maximum absolute atomic E-state index is 11.9. The highest BCUT2D eigenvalue weighted by Gasteiger charge is 2.20. The lowest BCUT2D eigenvalue weighted by Gasteiger charge is -2.17. The minimum Gasteiger partial charge on any atom is -0.478 e. The third-order valence-corrected chi connectivity index (χ3v) is 5.49. The number of benzene rings is 4. The second-order valence-corrected chi connectivity index (χ2v) is 6.94. The van der Waals surface area contributed by atoms with E-state index in [1.807, 2.05) is 50.2 Å². The van der Waals surface area contributed by atoms with Crippen LogP contribution in [-0.4, -0.2) is 22.2 Å². The predicted octanol–water partition coefficient (Wildman–Crippen LogP) is 5.67. The van der Waals surface area contributed by atoms with Gasteiger partial charge in [-0.05, 0) is 68.4 Å². The molecule has 0 aliphatic rings. The molecule has 4 aromatic rings. The van der Waals surface area contributed by atoms with Crippen molar-refractivity contribution < 1.29 is 19.8 Å². The number of rotatable bonds is 4. The first-order valence-electron chi connectivity index (χ1n) is 9.37. The summed E-state index contributed by atoms with van der Waals surface area (Å²) in [7, 11) is 0. The van der Waals surface area contributed by atoms with Crippen LogP contribution in [0.25, 0.3) is 32.3 Å². The van der Waals surface area contributed by atoms with Crippen LogP contribution in [0.4, 0.5) is 0 Å². The first kappa shape index (κ1) is 18.0. The normalized spacial score (nSPS) is 11.4. The van der Waals surface area contributed by atoms with Crippen LogP contribution < -0.4 is 0 Å². The first-order chi connectivity index (χ1) is 13.5. The molecule has 0 amide bonds. The Morgan fingerprint density at radius 1 is 0.714 bits per heavy atom. The summed E-state index contributed by atoms with van der Waals surface area (Å²) in [5.41, 5.74) is 2.51. The molecule has 0 radical (unpaired) electrons. The molecule has 4 aromatic carbocycles. The Bertz CT molecular complexity index is 1190. The van der Waals surface area contributed by atoms with Crippen molar-refractivity contribution in [2.24, 2.45) is 0 Å². The molecule has 0 heterocycles. The van der Waals surface area contributed by atoms with Gasteiger partial charge >= 0.3 is 11.9 Å². The number of aryl methyl sites for hydroxylation is 2. The van der Waals surface area contributed by atoms with E-state index in [0.29, 0.717) is 16.2 Å². The lowest BCUT2D eigenvalue weighted by atomic mass is 9.86. The molecular weight excluding hydrogens is 352 g/mol. The fraction of sp³-hybridized carbons (Fsp3) is 0.167. The Hall–Kier alpha value is -3.40. The van der Waals surface area contributed by atoms with Crippen molar-refractivity contribution in [1.29, 1.82) is 0 Å². The van der Waals surface area contributed by atoms with Gasteiger partial charge in [-0.2, -0.15) is 0 Å². The Kier molecular flexibility index (Phi) is 4.27. The van der Waals surface area contributed by atoms with E-state index in [4.69, 9.17) is 0 Å². The van der Waals surface area contributed by atoms with E-state index in [0.717, 1.165) is 40.1 Å². The highest BCUT2D eigenvalue weighted by atomic mass is 16.4. The molecule has 140 valence electrons. The van der Waals surface area contributed by atoms with E-state index in [1.165, 1.54) is 0 Å². The van der Waals surface area contributed by atoms with E-state index in [9.17, 15) is 19.8 Å². The van der Waals surface area contributed by atoms with E-state index in [1.54, 1.807) is 12.1 Å². The van der Waals surface area contributed by atoms with Crippen LogP contribution in [-0.2, 0) is 12.8 Å². The molecule has 0 saturated heterocycles. The maximum Gasteiger partial charge on any atom is 0.336 e. The second-order valence-electron chi connectivity index (χ2n) is 6.94. The summed E-state index contributed by atoms with van der Waals surface area (Å²) in [6.45, 7) is 4.09. The molecule has 0 fully saturated rings. The van der Waals surface area contributed by atoms with Crippen molar-refractivity contribution in [2.45, 2.75) is 26.7 Å². The molecule has 0 bridgehead atoms. The molecule has 0 atom stereocenters. The number of carboxylic acid groups (broad SMARTS) is 2. The number of fused-ring (bicyclic) bond motifs is 5. The topological polar surface area (TPSA) is 74.6 Å². The number of hydrogen-bond acceptors (Lipinski definition) is 2. The largest absolute Gasteiger partial charge is 0.478 e. The highest BCUT2D eigenvalue weighted by Crippen LogP contribution is 2.39. The van der Waals surface area contributed by atoms with Gasteiger partial charge in [-0.1, -0.05) is 50.2 Å². The van der Waals surface area contributed by atoms with E-state index < -0.39 is 11.9 Å². The minimum absolute atomic E-state index is 0.197. The second kappa shape index (κ2) is 6.64. The standard InChI is InChI=1S/C24H20O4/c1-3-13-7-5-9-16-18(23(25)26)11-15-12-19(24(27)28)17-10-6-8-14(4-2)21(17)22(15)20(13)16/h5-12H,3-4H2,1-2H3,(H,25,26)(H,27,28). The van der Waals surface area contributed by atoms with Crippen molar-refractivity contribution in [1.82, 2.24) is 0 Å². The smallest absolute Gasteiger partial charge is 0.336 e. The monoisotopic (exact) mass is 372 g/mol. The first-order valence-corrected chi connectivity index (χ1v) is 9.37. The van der Waals surface area contributed by atoms with Gasteiger partial charge in [-0.15, -0.1) is 0 Å². The van der Waals surface area contributed by atoms with Gasteiger partial charge < -0.3 is 10.2 Å². The number of hydrogen-bond donors (Lipinski definition) is 2. The summed E-state index contributed by atoms with van der Waals surface area (Å²) in [6, 6.07) is 14.7. The average Bonchev–Trinajstić information content (AvgIpc) is 2.70. The zero-order chi connectivity index (χ0) is 20.0. The lowest BCUT2D eigenvalue weighted by molar-refractivity contribution is 0.0689. The molecule has 4 heteroatoms. The van der Waals surface area contributed by atoms with Crippen LogP contribution in [0.5, 0.6) is 0 Å². The quantitative estimate of drug-likeness (QED) is 0.453. The van der Waals surface area contributed by atoms with Crippen molar-refractivity contribution >= 4 is 44.3 Å². The van der Waals surface area contributed by atoms with E-state index >= 15 is 0 Å². The summed E-state index contributed by atoms with van der Waals surface area (Å²) < 4.78 is 0. The highest BCUT2D eigenvalue weighted by molar-refractivity contribution is 6.28. The van der Waals surface area contributed by atoms with Gasteiger partial charge in [0.15, 0.2) is 0 Å². The fourth-order valence-electron chi connectivity index (χ4n) is 4.25. The van der Waals surface area contributed by atoms with Crippen LogP contribution in [0.15, 0.2) is 48.5 Å². The van der Waals surface area contributed by atoms with Gasteiger partial charge in [0.1, 0.15) is 0 Å². The summed E-state index contributed by atoms with van der Waals surface area (Å²) in [5, 5.41) is 24.3. The fourth-order valence-corrected chi connectivity index (χ4v) is 4.25. The average molecular weight is 372 g/mol. The van der Waals surface area contributed by atoms with Crippen LogP contribution >= 0.6 is 0 Å². The van der Waals surface area contributed by atoms with E-state index in [2.05, 4.69) is 0 Å². The molecule has 0 saturated carbocycles. The molecule has 4 rings (SSSR count). The SMILES string of the molecule is CCc1cccc2c(C(=O)O)cc3cc(C(=O)O)c4cccc(CC)c4c3c12. The van der Waals surface area contributed by atoms with Crippen molar-refractivity contribution in [3.8, 4) is 0 Å². The van der Waals surface area contributed by atoms with Crippen LogP contribution in [0, 0.1) is 0 Å². The van der Waals surface area contributed by atoms with E-state index in [-0.39, 0.29) is 11.1 Å². The molecular formula is C24H20O4. The third-order valence-electron chi connectivity index (χ3n) is 5.49. The van der Waals surface area contributed by atoms with Crippen molar-refractivity contribution in [3.05, 3.63) is 70.8 Å². The van der Waals surface area contributed by atoms with Gasteiger partial charge in [-0.25, -0.2) is 9.59 Å². The van der Waals surface area contributed by atoms with Gasteiger partial charge in [0.25, 0.3) is 0 Å². The number of aromatic carboxylic acids is 2. The molecule has 4 nitrogen and oxygen atoms in total. The Morgan fingerprint density at radius 2 is 1.14 bits per heavy atom. The van der Waals surface area contributed by atoms with Crippen molar-refractivity contribution in [2.75, 3.05) is 0 Å². The summed E-state index contributed by atoms with van der Waals surface area (Å²) in [4.78, 5) is 23.9. The molecule has 0 aromatic heterocycles. The van der Waals surface area contributed by atoms with Gasteiger partial charge in [0, 0.05) is 0 Å². The van der Waals surface area contributed by atoms with Gasteiger partial charge in [0.05, 0.1) is 11.1 Å². The molecule has 0 spiro atoms. The summed E-state index contributed by atoms with van der Waals surface area (Å²) >= 11 is 0. The zero-order valence-corrected chi connectivity index (χ0v) is 15.7. The predicted molar refractivity (Wildman–Crippen MR) is 112 cm³/mol. The summed E-state index contributed by atoms with van der Waals surface area (Å²) in [5.74, 6) is -2.03. The molecule has 2 N–H and O–H groups in total. The Labute approximate surface area is 162 Å². The van der Waals surface area contributed by atoms with Crippen LogP contribution in [0.3, 0.4) is 0 Å². The van der Waals surface area contributed by atoms with Gasteiger partial charge in [-0.3, -0.25) is 0 Å². The Morgan fingerprint density at radius 3 is 1.50 bits per heavy atom.